The van der Waals surface area contributed by atoms with E-state index in [2.05, 4.69) is 22.3 Å². The summed E-state index contributed by atoms with van der Waals surface area (Å²) in [4.78, 5) is 15.6. The van der Waals surface area contributed by atoms with E-state index in [1.165, 1.54) is 19.3 Å². The van der Waals surface area contributed by atoms with Gasteiger partial charge in [-0.15, -0.1) is 11.3 Å². The van der Waals surface area contributed by atoms with Crippen LogP contribution < -0.4 is 5.32 Å². The maximum absolute atomic E-state index is 12.2. The van der Waals surface area contributed by atoms with Crippen LogP contribution >= 0.6 is 11.3 Å². The molecule has 5 nitrogen and oxygen atoms in total. The van der Waals surface area contributed by atoms with E-state index in [9.17, 15) is 4.79 Å². The molecule has 2 aromatic rings. The summed E-state index contributed by atoms with van der Waals surface area (Å²) in [7, 11) is 0. The first-order valence-electron chi connectivity index (χ1n) is 7.77. The monoisotopic (exact) mass is 319 g/mol. The third kappa shape index (κ3) is 3.56. The van der Waals surface area contributed by atoms with Gasteiger partial charge in [0.05, 0.1) is 4.88 Å². The number of likely N-dealkylation sites (tertiary alicyclic amines) is 1. The molecule has 1 aliphatic rings. The van der Waals surface area contributed by atoms with Crippen molar-refractivity contribution in [3.8, 4) is 10.6 Å². The van der Waals surface area contributed by atoms with Crippen LogP contribution in [-0.4, -0.2) is 41.6 Å². The van der Waals surface area contributed by atoms with Crippen LogP contribution in [-0.2, 0) is 0 Å². The molecule has 2 aromatic heterocycles. The van der Waals surface area contributed by atoms with Crippen LogP contribution in [0.15, 0.2) is 28.1 Å². The van der Waals surface area contributed by atoms with Crippen molar-refractivity contribution in [2.75, 3.05) is 19.6 Å². The van der Waals surface area contributed by atoms with Crippen molar-refractivity contribution in [2.45, 2.75) is 32.2 Å². The summed E-state index contributed by atoms with van der Waals surface area (Å²) in [6, 6.07) is 5.95. The molecule has 0 aromatic carbocycles. The summed E-state index contributed by atoms with van der Waals surface area (Å²) in [5.41, 5.74) is 0.342. The zero-order valence-corrected chi connectivity index (χ0v) is 13.6. The van der Waals surface area contributed by atoms with Gasteiger partial charge in [-0.3, -0.25) is 9.69 Å². The number of carbonyl (C=O) groups excluding carboxylic acids is 1. The van der Waals surface area contributed by atoms with Crippen LogP contribution in [0.3, 0.4) is 0 Å². The third-order valence-corrected chi connectivity index (χ3v) is 4.96. The van der Waals surface area contributed by atoms with E-state index in [0.717, 1.165) is 18.0 Å². The zero-order chi connectivity index (χ0) is 15.4. The molecule has 1 atom stereocenters. The predicted octanol–water partition coefficient (Wildman–Crippen LogP) is 3.01. The molecule has 0 aliphatic carbocycles. The fourth-order valence-electron chi connectivity index (χ4n) is 2.74. The number of nitrogens with one attached hydrogen (secondary N) is 1. The van der Waals surface area contributed by atoms with Gasteiger partial charge in [0.15, 0.2) is 11.5 Å². The number of hydrogen-bond acceptors (Lipinski definition) is 5. The highest BCUT2D eigenvalue weighted by Gasteiger charge is 2.19. The van der Waals surface area contributed by atoms with Crippen molar-refractivity contribution in [1.29, 1.82) is 0 Å². The first-order valence-corrected chi connectivity index (χ1v) is 8.65. The predicted molar refractivity (Wildman–Crippen MR) is 87.0 cm³/mol. The van der Waals surface area contributed by atoms with E-state index in [-0.39, 0.29) is 5.91 Å². The molecule has 3 heterocycles. The third-order valence-electron chi connectivity index (χ3n) is 4.08. The Kier molecular flexibility index (Phi) is 4.90. The Morgan fingerprint density at radius 3 is 3.00 bits per heavy atom. The molecule has 22 heavy (non-hydrogen) atoms. The van der Waals surface area contributed by atoms with Crippen LogP contribution in [0.2, 0.25) is 0 Å². The molecule has 0 spiro atoms. The Bertz CT molecular complexity index is 603. The van der Waals surface area contributed by atoms with Crippen molar-refractivity contribution in [2.24, 2.45) is 0 Å². The van der Waals surface area contributed by atoms with Gasteiger partial charge >= 0.3 is 0 Å². The Morgan fingerprint density at radius 1 is 1.45 bits per heavy atom. The van der Waals surface area contributed by atoms with E-state index >= 15 is 0 Å². The lowest BCUT2D eigenvalue weighted by atomic mass is 10.1. The number of carbonyl (C=O) groups is 1. The van der Waals surface area contributed by atoms with Gasteiger partial charge in [0, 0.05) is 18.7 Å². The second-order valence-electron chi connectivity index (χ2n) is 5.71. The van der Waals surface area contributed by atoms with Gasteiger partial charge in [0.25, 0.3) is 5.91 Å². The first-order chi connectivity index (χ1) is 10.7. The smallest absolute Gasteiger partial charge is 0.273 e. The highest BCUT2D eigenvalue weighted by molar-refractivity contribution is 7.13. The minimum absolute atomic E-state index is 0.171. The molecule has 0 radical (unpaired) electrons. The molecule has 1 aliphatic heterocycles. The minimum atomic E-state index is -0.171. The van der Waals surface area contributed by atoms with Crippen molar-refractivity contribution in [3.63, 3.8) is 0 Å². The molecule has 118 valence electrons. The lowest BCUT2D eigenvalue weighted by molar-refractivity contribution is 0.0921. The van der Waals surface area contributed by atoms with E-state index in [1.54, 1.807) is 17.4 Å². The quantitative estimate of drug-likeness (QED) is 0.920. The molecule has 6 heteroatoms. The molecule has 0 unspecified atom stereocenters. The number of thiophene rings is 1. The normalized spacial score (nSPS) is 17.3. The Hall–Kier alpha value is -1.66. The number of hydrogen-bond donors (Lipinski definition) is 1. The van der Waals surface area contributed by atoms with E-state index in [1.807, 2.05) is 17.5 Å². The van der Waals surface area contributed by atoms with E-state index in [4.69, 9.17) is 4.52 Å². The Morgan fingerprint density at radius 2 is 2.27 bits per heavy atom. The molecule has 1 amide bonds. The summed E-state index contributed by atoms with van der Waals surface area (Å²) in [5, 5.41) is 8.79. The standard InChI is InChI=1S/C16H21N3O2S/c1-12(19-7-3-2-4-8-19)11-17-16(20)13-10-14(21-18-13)15-6-5-9-22-15/h5-6,9-10,12H,2-4,7-8,11H2,1H3,(H,17,20)/t12-/m1/s1. The number of piperidine rings is 1. The fraction of sp³-hybridized carbons (Fsp3) is 0.500. The summed E-state index contributed by atoms with van der Waals surface area (Å²) in [6.45, 7) is 5.05. The van der Waals surface area contributed by atoms with Crippen LogP contribution in [0, 0.1) is 0 Å². The average molecular weight is 319 g/mol. The highest BCUT2D eigenvalue weighted by Crippen LogP contribution is 2.25. The maximum atomic E-state index is 12.2. The van der Waals surface area contributed by atoms with Gasteiger partial charge < -0.3 is 9.84 Å². The largest absolute Gasteiger partial charge is 0.355 e. The topological polar surface area (TPSA) is 58.4 Å². The number of rotatable bonds is 5. The van der Waals surface area contributed by atoms with Crippen LogP contribution in [0.4, 0.5) is 0 Å². The number of nitrogens with zero attached hydrogens (tertiary/aromatic N) is 2. The van der Waals surface area contributed by atoms with Crippen molar-refractivity contribution in [3.05, 3.63) is 29.3 Å². The van der Waals surface area contributed by atoms with Crippen LogP contribution in [0.25, 0.3) is 10.6 Å². The molecular formula is C16H21N3O2S. The van der Waals surface area contributed by atoms with Crippen molar-refractivity contribution >= 4 is 17.2 Å². The van der Waals surface area contributed by atoms with E-state index < -0.39 is 0 Å². The molecular weight excluding hydrogens is 298 g/mol. The second kappa shape index (κ2) is 7.07. The number of aromatic nitrogens is 1. The molecule has 0 saturated carbocycles. The van der Waals surface area contributed by atoms with Crippen LogP contribution in [0.1, 0.15) is 36.7 Å². The summed E-state index contributed by atoms with van der Waals surface area (Å²) in [6.07, 6.45) is 3.83. The van der Waals surface area contributed by atoms with Gasteiger partial charge in [-0.2, -0.15) is 0 Å². The first kappa shape index (κ1) is 15.2. The summed E-state index contributed by atoms with van der Waals surface area (Å²) >= 11 is 1.57. The van der Waals surface area contributed by atoms with Crippen molar-refractivity contribution in [1.82, 2.24) is 15.4 Å². The molecule has 3 rings (SSSR count). The fourth-order valence-corrected chi connectivity index (χ4v) is 3.41. The van der Waals surface area contributed by atoms with Gasteiger partial charge in [-0.05, 0) is 44.3 Å². The van der Waals surface area contributed by atoms with Gasteiger partial charge in [0.2, 0.25) is 0 Å². The molecule has 0 bridgehead atoms. The SMILES string of the molecule is C[C@H](CNC(=O)c1cc(-c2cccs2)on1)N1CCCCC1. The number of amides is 1. The Balaban J connectivity index is 1.53. The highest BCUT2D eigenvalue weighted by atomic mass is 32.1. The van der Waals surface area contributed by atoms with Gasteiger partial charge in [-0.1, -0.05) is 17.6 Å². The minimum Gasteiger partial charge on any atom is -0.355 e. The second-order valence-corrected chi connectivity index (χ2v) is 6.66. The van der Waals surface area contributed by atoms with E-state index in [0.29, 0.717) is 24.0 Å². The lowest BCUT2D eigenvalue weighted by Crippen LogP contribution is -2.44. The average Bonchev–Trinajstić information content (AvgIpc) is 3.23. The van der Waals surface area contributed by atoms with Crippen LogP contribution in [0.5, 0.6) is 0 Å². The maximum Gasteiger partial charge on any atom is 0.273 e. The van der Waals surface area contributed by atoms with Gasteiger partial charge in [0.1, 0.15) is 0 Å². The van der Waals surface area contributed by atoms with Gasteiger partial charge in [-0.25, -0.2) is 0 Å². The lowest BCUT2D eigenvalue weighted by Gasteiger charge is -2.32. The van der Waals surface area contributed by atoms with Crippen molar-refractivity contribution < 1.29 is 9.32 Å². The summed E-state index contributed by atoms with van der Waals surface area (Å²) in [5.74, 6) is 0.472. The molecule has 1 saturated heterocycles. The summed E-state index contributed by atoms with van der Waals surface area (Å²) < 4.78 is 5.24. The zero-order valence-electron chi connectivity index (χ0n) is 12.7. The molecule has 1 N–H and O–H groups in total. The Labute approximate surface area is 134 Å². The molecule has 1 fully saturated rings.